The minimum Gasteiger partial charge on any atom is -0.497 e. The van der Waals surface area contributed by atoms with Crippen molar-refractivity contribution in [3.8, 4) is 11.5 Å². The third kappa shape index (κ3) is 2.80. The number of ether oxygens (including phenoxy) is 2. The second-order valence-electron chi connectivity index (χ2n) is 6.94. The summed E-state index contributed by atoms with van der Waals surface area (Å²) in [6, 6.07) is 22.5. The summed E-state index contributed by atoms with van der Waals surface area (Å²) < 4.78 is 25.3. The maximum atomic E-state index is 13.9. The van der Waals surface area contributed by atoms with Crippen LogP contribution in [0, 0.1) is 5.82 Å². The molecular weight excluding hydrogens is 355 g/mol. The van der Waals surface area contributed by atoms with Crippen LogP contribution in [0.3, 0.4) is 0 Å². The van der Waals surface area contributed by atoms with E-state index >= 15 is 0 Å². The number of para-hydroxylation sites is 1. The first-order valence-corrected chi connectivity index (χ1v) is 9.24. The molecule has 0 fully saturated rings. The van der Waals surface area contributed by atoms with E-state index in [1.54, 1.807) is 13.2 Å². The second-order valence-corrected chi connectivity index (χ2v) is 6.94. The lowest BCUT2D eigenvalue weighted by atomic mass is 9.96. The first kappa shape index (κ1) is 16.8. The molecule has 5 heteroatoms. The second kappa shape index (κ2) is 6.68. The molecule has 0 radical (unpaired) electrons. The maximum absolute atomic E-state index is 13.9. The van der Waals surface area contributed by atoms with Gasteiger partial charge in [-0.15, -0.1) is 0 Å². The van der Waals surface area contributed by atoms with E-state index in [0.29, 0.717) is 0 Å². The van der Waals surface area contributed by atoms with Gasteiger partial charge in [0.2, 0.25) is 6.23 Å². The SMILES string of the molecule is COc1ccc(C2=NN3[C@@H](C2)c2ccccc2O[C@H]3c2cccc(F)c2)cc1. The highest BCUT2D eigenvalue weighted by Crippen LogP contribution is 2.47. The van der Waals surface area contributed by atoms with Gasteiger partial charge in [-0.05, 0) is 48.0 Å². The predicted molar refractivity (Wildman–Crippen MR) is 105 cm³/mol. The lowest BCUT2D eigenvalue weighted by Gasteiger charge is -2.38. The molecule has 5 rings (SSSR count). The van der Waals surface area contributed by atoms with Crippen molar-refractivity contribution in [3.63, 3.8) is 0 Å². The first-order valence-electron chi connectivity index (χ1n) is 9.24. The van der Waals surface area contributed by atoms with E-state index in [0.717, 1.165) is 40.3 Å². The number of hydrogen-bond donors (Lipinski definition) is 0. The number of hydrazone groups is 1. The molecule has 0 amide bonds. The molecule has 2 aliphatic heterocycles. The molecule has 0 aromatic heterocycles. The van der Waals surface area contributed by atoms with Crippen LogP contribution in [0.15, 0.2) is 77.9 Å². The standard InChI is InChI=1S/C23H19FN2O2/c1-27-18-11-9-15(10-12-18)20-14-21-19-7-2-3-8-22(19)28-23(26(21)25-20)16-5-4-6-17(24)13-16/h2-13,21,23H,14H2,1H3/t21-,23-/m0/s1. The average Bonchev–Trinajstić information content (AvgIpc) is 3.19. The average molecular weight is 374 g/mol. The fraction of sp³-hybridized carbons (Fsp3) is 0.174. The van der Waals surface area contributed by atoms with Crippen molar-refractivity contribution >= 4 is 5.71 Å². The van der Waals surface area contributed by atoms with E-state index < -0.39 is 6.23 Å². The highest BCUT2D eigenvalue weighted by atomic mass is 19.1. The summed E-state index contributed by atoms with van der Waals surface area (Å²) in [6.07, 6.45) is 0.296. The first-order chi connectivity index (χ1) is 13.7. The maximum Gasteiger partial charge on any atom is 0.213 e. The van der Waals surface area contributed by atoms with Crippen LogP contribution in [-0.2, 0) is 0 Å². The van der Waals surface area contributed by atoms with E-state index in [1.807, 2.05) is 53.5 Å². The van der Waals surface area contributed by atoms with Crippen molar-refractivity contribution in [1.82, 2.24) is 5.01 Å². The molecule has 28 heavy (non-hydrogen) atoms. The number of halogens is 1. The van der Waals surface area contributed by atoms with Crippen LogP contribution in [-0.4, -0.2) is 17.8 Å². The molecule has 0 saturated carbocycles. The topological polar surface area (TPSA) is 34.1 Å². The van der Waals surface area contributed by atoms with Crippen molar-refractivity contribution in [1.29, 1.82) is 0 Å². The molecule has 0 aliphatic carbocycles. The van der Waals surface area contributed by atoms with Gasteiger partial charge in [0.1, 0.15) is 17.3 Å². The summed E-state index contributed by atoms with van der Waals surface area (Å²) in [7, 11) is 1.65. The van der Waals surface area contributed by atoms with Gasteiger partial charge in [0.15, 0.2) is 0 Å². The Kier molecular flexibility index (Phi) is 4.01. The van der Waals surface area contributed by atoms with E-state index in [9.17, 15) is 4.39 Å². The zero-order valence-corrected chi connectivity index (χ0v) is 15.4. The quantitative estimate of drug-likeness (QED) is 0.641. The highest BCUT2D eigenvalue weighted by Gasteiger charge is 2.40. The number of hydrogen-bond acceptors (Lipinski definition) is 4. The lowest BCUT2D eigenvalue weighted by molar-refractivity contribution is -0.0192. The van der Waals surface area contributed by atoms with Crippen molar-refractivity contribution in [2.75, 3.05) is 7.11 Å². The third-order valence-electron chi connectivity index (χ3n) is 5.26. The Morgan fingerprint density at radius 1 is 1.04 bits per heavy atom. The van der Waals surface area contributed by atoms with E-state index in [-0.39, 0.29) is 11.9 Å². The fourth-order valence-corrected chi connectivity index (χ4v) is 3.87. The number of nitrogens with zero attached hydrogens (tertiary/aromatic N) is 2. The Hall–Kier alpha value is -3.34. The van der Waals surface area contributed by atoms with Crippen molar-refractivity contribution < 1.29 is 13.9 Å². The van der Waals surface area contributed by atoms with Gasteiger partial charge in [-0.25, -0.2) is 9.40 Å². The van der Waals surface area contributed by atoms with Gasteiger partial charge < -0.3 is 9.47 Å². The lowest BCUT2D eigenvalue weighted by Crippen LogP contribution is -2.33. The summed E-state index contributed by atoms with van der Waals surface area (Å²) in [5, 5.41) is 6.84. The van der Waals surface area contributed by atoms with Crippen LogP contribution in [0.5, 0.6) is 11.5 Å². The van der Waals surface area contributed by atoms with Crippen LogP contribution in [0.4, 0.5) is 4.39 Å². The Balaban J connectivity index is 1.57. The molecule has 4 nitrogen and oxygen atoms in total. The molecule has 0 bridgehead atoms. The van der Waals surface area contributed by atoms with Crippen molar-refractivity contribution in [2.24, 2.45) is 5.10 Å². The number of fused-ring (bicyclic) bond motifs is 3. The minimum absolute atomic E-state index is 0.0512. The van der Waals surface area contributed by atoms with Gasteiger partial charge in [0.25, 0.3) is 0 Å². The molecule has 2 heterocycles. The zero-order chi connectivity index (χ0) is 19.1. The third-order valence-corrected chi connectivity index (χ3v) is 5.26. The number of rotatable bonds is 3. The molecule has 2 aliphatic rings. The predicted octanol–water partition coefficient (Wildman–Crippen LogP) is 5.08. The van der Waals surface area contributed by atoms with E-state index in [1.165, 1.54) is 12.1 Å². The van der Waals surface area contributed by atoms with Crippen LogP contribution in [0.1, 0.15) is 35.4 Å². The zero-order valence-electron chi connectivity index (χ0n) is 15.4. The highest BCUT2D eigenvalue weighted by molar-refractivity contribution is 6.02. The Morgan fingerprint density at radius 2 is 1.86 bits per heavy atom. The van der Waals surface area contributed by atoms with Crippen LogP contribution >= 0.6 is 0 Å². The minimum atomic E-state index is -0.466. The normalized spacial score (nSPS) is 20.1. The molecule has 2 atom stereocenters. The molecular formula is C23H19FN2O2. The summed E-state index contributed by atoms with van der Waals surface area (Å²) in [5.74, 6) is 1.35. The Labute approximate surface area is 162 Å². The van der Waals surface area contributed by atoms with E-state index in [4.69, 9.17) is 14.6 Å². The fourth-order valence-electron chi connectivity index (χ4n) is 3.87. The summed E-state index contributed by atoms with van der Waals surface area (Å²) >= 11 is 0. The largest absolute Gasteiger partial charge is 0.497 e. The van der Waals surface area contributed by atoms with Gasteiger partial charge >= 0.3 is 0 Å². The Bertz CT molecular complexity index is 1050. The van der Waals surface area contributed by atoms with E-state index in [2.05, 4.69) is 6.07 Å². The van der Waals surface area contributed by atoms with Crippen LogP contribution in [0.25, 0.3) is 0 Å². The van der Waals surface area contributed by atoms with Crippen LogP contribution in [0.2, 0.25) is 0 Å². The van der Waals surface area contributed by atoms with Gasteiger partial charge in [-0.1, -0.05) is 30.3 Å². The van der Waals surface area contributed by atoms with Crippen LogP contribution < -0.4 is 9.47 Å². The monoisotopic (exact) mass is 374 g/mol. The molecule has 0 saturated heterocycles. The number of methoxy groups -OCH3 is 1. The van der Waals surface area contributed by atoms with Gasteiger partial charge in [-0.3, -0.25) is 0 Å². The van der Waals surface area contributed by atoms with Gasteiger partial charge in [0, 0.05) is 17.5 Å². The summed E-state index contributed by atoms with van der Waals surface area (Å²) in [6.45, 7) is 0. The number of benzene rings is 3. The molecule has 0 unspecified atom stereocenters. The van der Waals surface area contributed by atoms with Crippen molar-refractivity contribution in [2.45, 2.75) is 18.7 Å². The smallest absolute Gasteiger partial charge is 0.213 e. The summed E-state index contributed by atoms with van der Waals surface area (Å²) in [4.78, 5) is 0. The Morgan fingerprint density at radius 3 is 2.64 bits per heavy atom. The molecule has 3 aromatic carbocycles. The van der Waals surface area contributed by atoms with Crippen molar-refractivity contribution in [3.05, 3.63) is 95.3 Å². The molecule has 0 spiro atoms. The van der Waals surface area contributed by atoms with Gasteiger partial charge in [-0.2, -0.15) is 5.10 Å². The molecule has 3 aromatic rings. The molecule has 0 N–H and O–H groups in total. The summed E-state index contributed by atoms with van der Waals surface area (Å²) in [5.41, 5.74) is 3.88. The van der Waals surface area contributed by atoms with Gasteiger partial charge in [0.05, 0.1) is 18.9 Å². The molecule has 140 valence electrons.